The molecule has 0 bridgehead atoms. The summed E-state index contributed by atoms with van der Waals surface area (Å²) in [7, 11) is 0. The van der Waals surface area contributed by atoms with Gasteiger partial charge in [0.1, 0.15) is 0 Å². The molecule has 0 saturated heterocycles. The lowest BCUT2D eigenvalue weighted by Crippen LogP contribution is -2.32. The summed E-state index contributed by atoms with van der Waals surface area (Å²) >= 11 is 0. The third kappa shape index (κ3) is 4.84. The van der Waals surface area contributed by atoms with Crippen LogP contribution in [0.2, 0.25) is 0 Å². The molecule has 0 saturated carbocycles. The van der Waals surface area contributed by atoms with E-state index in [2.05, 4.69) is 6.92 Å². The fourth-order valence-corrected chi connectivity index (χ4v) is 2.37. The summed E-state index contributed by atoms with van der Waals surface area (Å²) in [6.07, 6.45) is 1.97. The van der Waals surface area contributed by atoms with Gasteiger partial charge in [-0.2, -0.15) is 0 Å². The van der Waals surface area contributed by atoms with E-state index in [1.165, 1.54) is 6.07 Å². The van der Waals surface area contributed by atoms with Crippen LogP contribution in [0.15, 0.2) is 10.9 Å². The lowest BCUT2D eigenvalue weighted by Gasteiger charge is -2.24. The molecule has 0 fully saturated rings. The number of nitrogens with zero attached hydrogens (tertiary/aromatic N) is 2. The molecule has 0 amide bonds. The summed E-state index contributed by atoms with van der Waals surface area (Å²) in [6, 6.07) is 1.44. The molecule has 0 spiro atoms. The highest BCUT2D eigenvalue weighted by molar-refractivity contribution is 5.29. The SMILES string of the molecule is CCCCn1c(C)cc(=O)c(O)c1CN(CCO)CCO. The highest BCUT2D eigenvalue weighted by Crippen LogP contribution is 2.17. The molecule has 6 heteroatoms. The number of aliphatic hydroxyl groups excluding tert-OH is 2. The number of pyridine rings is 1. The summed E-state index contributed by atoms with van der Waals surface area (Å²) in [4.78, 5) is 13.6. The highest BCUT2D eigenvalue weighted by Gasteiger charge is 2.16. The smallest absolute Gasteiger partial charge is 0.223 e. The number of aliphatic hydroxyl groups is 2. The second-order valence-electron chi connectivity index (χ2n) is 5.17. The number of aromatic hydroxyl groups is 1. The molecule has 0 atom stereocenters. The number of hydrogen-bond acceptors (Lipinski definition) is 5. The van der Waals surface area contributed by atoms with Crippen LogP contribution < -0.4 is 5.43 Å². The second-order valence-corrected chi connectivity index (χ2v) is 5.17. The van der Waals surface area contributed by atoms with E-state index in [-0.39, 0.29) is 24.4 Å². The highest BCUT2D eigenvalue weighted by atomic mass is 16.3. The maximum atomic E-state index is 11.8. The van der Waals surface area contributed by atoms with Gasteiger partial charge in [0.05, 0.1) is 18.9 Å². The molecule has 3 N–H and O–H groups in total. The van der Waals surface area contributed by atoms with Gasteiger partial charge in [-0.3, -0.25) is 9.69 Å². The molecule has 1 heterocycles. The molecule has 0 aromatic carbocycles. The Balaban J connectivity index is 3.14. The Bertz CT molecular complexity index is 493. The van der Waals surface area contributed by atoms with Gasteiger partial charge in [0.15, 0.2) is 5.75 Å². The van der Waals surface area contributed by atoms with Crippen LogP contribution in [0.5, 0.6) is 5.75 Å². The van der Waals surface area contributed by atoms with Gasteiger partial charge in [0, 0.05) is 37.9 Å². The molecule has 1 aromatic rings. The van der Waals surface area contributed by atoms with Crippen LogP contribution in [0.3, 0.4) is 0 Å². The topological polar surface area (TPSA) is 85.9 Å². The van der Waals surface area contributed by atoms with E-state index in [1.54, 1.807) is 0 Å². The fourth-order valence-electron chi connectivity index (χ4n) is 2.37. The molecule has 0 unspecified atom stereocenters. The monoisotopic (exact) mass is 298 g/mol. The van der Waals surface area contributed by atoms with E-state index in [4.69, 9.17) is 10.2 Å². The lowest BCUT2D eigenvalue weighted by atomic mass is 10.2. The first kappa shape index (κ1) is 17.7. The molecule has 1 rings (SSSR count). The van der Waals surface area contributed by atoms with Crippen molar-refractivity contribution in [3.05, 3.63) is 27.7 Å². The lowest BCUT2D eigenvalue weighted by molar-refractivity contribution is 0.151. The van der Waals surface area contributed by atoms with Gasteiger partial charge < -0.3 is 19.9 Å². The molecule has 120 valence electrons. The van der Waals surface area contributed by atoms with E-state index >= 15 is 0 Å². The summed E-state index contributed by atoms with van der Waals surface area (Å²) in [6.45, 7) is 5.69. The Morgan fingerprint density at radius 1 is 1.24 bits per heavy atom. The van der Waals surface area contributed by atoms with Crippen LogP contribution >= 0.6 is 0 Å². The second kappa shape index (κ2) is 8.81. The fraction of sp³-hybridized carbons (Fsp3) is 0.667. The van der Waals surface area contributed by atoms with Crippen molar-refractivity contribution in [2.24, 2.45) is 0 Å². The Kier molecular flexibility index (Phi) is 7.42. The minimum atomic E-state index is -0.386. The normalized spacial score (nSPS) is 11.3. The van der Waals surface area contributed by atoms with Gasteiger partial charge in [-0.15, -0.1) is 0 Å². The predicted molar refractivity (Wildman–Crippen MR) is 81.5 cm³/mol. The zero-order valence-corrected chi connectivity index (χ0v) is 12.9. The van der Waals surface area contributed by atoms with Crippen molar-refractivity contribution in [3.63, 3.8) is 0 Å². The van der Waals surface area contributed by atoms with Crippen LogP contribution in [-0.2, 0) is 13.1 Å². The molecule has 21 heavy (non-hydrogen) atoms. The average Bonchev–Trinajstić information content (AvgIpc) is 2.44. The summed E-state index contributed by atoms with van der Waals surface area (Å²) in [5.74, 6) is -0.238. The quantitative estimate of drug-likeness (QED) is 0.616. The predicted octanol–water partition coefficient (Wildman–Crippen LogP) is 0.449. The van der Waals surface area contributed by atoms with Crippen molar-refractivity contribution in [3.8, 4) is 5.75 Å². The van der Waals surface area contributed by atoms with Gasteiger partial charge in [0.2, 0.25) is 5.43 Å². The zero-order valence-electron chi connectivity index (χ0n) is 12.9. The first-order valence-electron chi connectivity index (χ1n) is 7.41. The van der Waals surface area contributed by atoms with Crippen LogP contribution in [0.4, 0.5) is 0 Å². The Morgan fingerprint density at radius 3 is 2.38 bits per heavy atom. The van der Waals surface area contributed by atoms with Crippen LogP contribution in [-0.4, -0.2) is 51.1 Å². The number of aromatic nitrogens is 1. The standard InChI is InChI=1S/C15H26N2O4/c1-3-4-5-17-12(2)10-14(20)15(21)13(17)11-16(6-8-18)7-9-19/h10,18-19,21H,3-9,11H2,1-2H3. The first-order valence-corrected chi connectivity index (χ1v) is 7.41. The van der Waals surface area contributed by atoms with Crippen molar-refractivity contribution in [2.75, 3.05) is 26.3 Å². The van der Waals surface area contributed by atoms with Crippen molar-refractivity contribution in [1.82, 2.24) is 9.47 Å². The van der Waals surface area contributed by atoms with E-state index in [9.17, 15) is 9.90 Å². The average molecular weight is 298 g/mol. The molecular formula is C15H26N2O4. The Morgan fingerprint density at radius 2 is 1.86 bits per heavy atom. The van der Waals surface area contributed by atoms with Crippen LogP contribution in [0.1, 0.15) is 31.2 Å². The molecule has 0 aliphatic rings. The largest absolute Gasteiger partial charge is 0.503 e. The maximum Gasteiger partial charge on any atom is 0.223 e. The number of rotatable bonds is 9. The number of unbranched alkanes of at least 4 members (excludes halogenated alkanes) is 1. The maximum absolute atomic E-state index is 11.8. The number of hydrogen-bond donors (Lipinski definition) is 3. The minimum absolute atomic E-state index is 0.0359. The summed E-state index contributed by atoms with van der Waals surface area (Å²) in [5.41, 5.74) is 0.979. The summed E-state index contributed by atoms with van der Waals surface area (Å²) in [5, 5.41) is 28.3. The van der Waals surface area contributed by atoms with Gasteiger partial charge in [-0.1, -0.05) is 13.3 Å². The molecular weight excluding hydrogens is 272 g/mol. The molecule has 0 radical (unpaired) electrons. The summed E-state index contributed by atoms with van der Waals surface area (Å²) < 4.78 is 1.95. The zero-order chi connectivity index (χ0) is 15.8. The number of aryl methyl sites for hydroxylation is 1. The van der Waals surface area contributed by atoms with Crippen LogP contribution in [0.25, 0.3) is 0 Å². The van der Waals surface area contributed by atoms with Gasteiger partial charge in [-0.25, -0.2) is 0 Å². The Labute approximate surface area is 125 Å². The molecule has 0 aliphatic carbocycles. The molecule has 6 nitrogen and oxygen atoms in total. The van der Waals surface area contributed by atoms with Crippen molar-refractivity contribution in [2.45, 2.75) is 39.8 Å². The van der Waals surface area contributed by atoms with Crippen LogP contribution in [0, 0.1) is 6.92 Å². The van der Waals surface area contributed by atoms with Gasteiger partial charge in [0.25, 0.3) is 0 Å². The van der Waals surface area contributed by atoms with E-state index in [1.807, 2.05) is 16.4 Å². The molecule has 0 aliphatic heterocycles. The van der Waals surface area contributed by atoms with Gasteiger partial charge in [-0.05, 0) is 13.3 Å². The van der Waals surface area contributed by atoms with Crippen molar-refractivity contribution in [1.29, 1.82) is 0 Å². The van der Waals surface area contributed by atoms with Crippen molar-refractivity contribution >= 4 is 0 Å². The van der Waals surface area contributed by atoms with E-state index in [0.29, 0.717) is 25.3 Å². The van der Waals surface area contributed by atoms with Crippen molar-refractivity contribution < 1.29 is 15.3 Å². The van der Waals surface area contributed by atoms with E-state index in [0.717, 1.165) is 25.1 Å². The third-order valence-corrected chi connectivity index (χ3v) is 3.54. The van der Waals surface area contributed by atoms with Gasteiger partial charge >= 0.3 is 0 Å². The Hall–Kier alpha value is -1.37. The first-order chi connectivity index (χ1) is 10.0. The third-order valence-electron chi connectivity index (χ3n) is 3.54. The van der Waals surface area contributed by atoms with E-state index < -0.39 is 0 Å². The molecule has 1 aromatic heterocycles. The minimum Gasteiger partial charge on any atom is -0.503 e.